The number of halogens is 2. The van der Waals surface area contributed by atoms with Crippen molar-refractivity contribution in [2.75, 3.05) is 18.6 Å². The maximum absolute atomic E-state index is 11.9. The SMILES string of the molecule is CS(=O)CCCNCc1ccc(OC(F)F)cc1. The van der Waals surface area contributed by atoms with Crippen LogP contribution >= 0.6 is 0 Å². The zero-order valence-electron chi connectivity index (χ0n) is 10.2. The number of ether oxygens (including phenoxy) is 1. The van der Waals surface area contributed by atoms with Crippen LogP contribution in [0.25, 0.3) is 0 Å². The Balaban J connectivity index is 2.24. The molecule has 0 heterocycles. The third-order valence-electron chi connectivity index (χ3n) is 2.26. The smallest absolute Gasteiger partial charge is 0.387 e. The third kappa shape index (κ3) is 6.66. The lowest BCUT2D eigenvalue weighted by Gasteiger charge is -2.07. The van der Waals surface area contributed by atoms with Gasteiger partial charge in [-0.15, -0.1) is 0 Å². The molecule has 0 bridgehead atoms. The van der Waals surface area contributed by atoms with E-state index < -0.39 is 17.4 Å². The van der Waals surface area contributed by atoms with Crippen LogP contribution in [0.4, 0.5) is 8.78 Å². The summed E-state index contributed by atoms with van der Waals surface area (Å²) in [6, 6.07) is 6.51. The van der Waals surface area contributed by atoms with Crippen molar-refractivity contribution in [2.45, 2.75) is 19.6 Å². The Hall–Kier alpha value is -1.01. The summed E-state index contributed by atoms with van der Waals surface area (Å²) in [5.74, 6) is 0.851. The van der Waals surface area contributed by atoms with Crippen molar-refractivity contribution in [3.63, 3.8) is 0 Å². The predicted octanol–water partition coefficient (Wildman–Crippen LogP) is 2.15. The molecule has 3 nitrogen and oxygen atoms in total. The van der Waals surface area contributed by atoms with E-state index in [1.54, 1.807) is 18.4 Å². The number of rotatable bonds is 8. The van der Waals surface area contributed by atoms with Gasteiger partial charge in [-0.1, -0.05) is 12.1 Å². The van der Waals surface area contributed by atoms with Crippen LogP contribution in [0.1, 0.15) is 12.0 Å². The molecule has 1 aromatic rings. The van der Waals surface area contributed by atoms with Gasteiger partial charge in [0.05, 0.1) is 0 Å². The van der Waals surface area contributed by atoms with E-state index in [9.17, 15) is 13.0 Å². The molecule has 1 aromatic carbocycles. The van der Waals surface area contributed by atoms with E-state index in [0.29, 0.717) is 12.3 Å². The first-order valence-electron chi connectivity index (χ1n) is 5.62. The summed E-state index contributed by atoms with van der Waals surface area (Å²) in [6.07, 6.45) is 2.54. The van der Waals surface area contributed by atoms with Crippen LogP contribution < -0.4 is 10.1 Å². The van der Waals surface area contributed by atoms with Crippen molar-refractivity contribution in [1.82, 2.24) is 5.32 Å². The molecule has 0 fully saturated rings. The van der Waals surface area contributed by atoms with Crippen LogP contribution in [0.3, 0.4) is 0 Å². The molecule has 0 amide bonds. The van der Waals surface area contributed by atoms with E-state index in [1.165, 1.54) is 12.1 Å². The summed E-state index contributed by atoms with van der Waals surface area (Å²) in [5.41, 5.74) is 0.995. The maximum atomic E-state index is 11.9. The second kappa shape index (κ2) is 8.16. The van der Waals surface area contributed by atoms with E-state index in [4.69, 9.17) is 0 Å². The molecular formula is C12H17F2NO2S. The fourth-order valence-corrected chi connectivity index (χ4v) is 1.97. The molecule has 1 N–H and O–H groups in total. The Labute approximate surface area is 108 Å². The minimum Gasteiger partial charge on any atom is -0.435 e. The summed E-state index contributed by atoms with van der Waals surface area (Å²) in [4.78, 5) is 0. The summed E-state index contributed by atoms with van der Waals surface area (Å²) in [7, 11) is -0.750. The minimum atomic E-state index is -2.79. The molecule has 1 unspecified atom stereocenters. The molecule has 0 spiro atoms. The third-order valence-corrected chi connectivity index (χ3v) is 3.13. The van der Waals surface area contributed by atoms with Gasteiger partial charge in [0.1, 0.15) is 5.75 Å². The highest BCUT2D eigenvalue weighted by Crippen LogP contribution is 2.14. The average molecular weight is 277 g/mol. The zero-order chi connectivity index (χ0) is 13.4. The molecule has 102 valence electrons. The second-order valence-electron chi connectivity index (χ2n) is 3.83. The van der Waals surface area contributed by atoms with E-state index in [-0.39, 0.29) is 5.75 Å². The van der Waals surface area contributed by atoms with Gasteiger partial charge >= 0.3 is 6.61 Å². The first-order valence-corrected chi connectivity index (χ1v) is 7.35. The average Bonchev–Trinajstić information content (AvgIpc) is 2.30. The summed E-state index contributed by atoms with van der Waals surface area (Å²) >= 11 is 0. The molecule has 0 aromatic heterocycles. The van der Waals surface area contributed by atoms with Crippen molar-refractivity contribution in [3.8, 4) is 5.75 Å². The fourth-order valence-electron chi connectivity index (χ4n) is 1.42. The van der Waals surface area contributed by atoms with Crippen molar-refractivity contribution in [3.05, 3.63) is 29.8 Å². The van der Waals surface area contributed by atoms with Gasteiger partial charge in [-0.25, -0.2) is 0 Å². The van der Waals surface area contributed by atoms with E-state index >= 15 is 0 Å². The molecule has 18 heavy (non-hydrogen) atoms. The van der Waals surface area contributed by atoms with Gasteiger partial charge in [0, 0.05) is 29.4 Å². The molecule has 0 radical (unpaired) electrons. The highest BCUT2D eigenvalue weighted by atomic mass is 32.2. The number of benzene rings is 1. The summed E-state index contributed by atoms with van der Waals surface area (Å²) in [6.45, 7) is -1.34. The van der Waals surface area contributed by atoms with Crippen LogP contribution in [0.15, 0.2) is 24.3 Å². The number of nitrogens with one attached hydrogen (secondary N) is 1. The monoisotopic (exact) mass is 277 g/mol. The Morgan fingerprint density at radius 3 is 2.56 bits per heavy atom. The normalized spacial score (nSPS) is 12.7. The molecular weight excluding hydrogens is 260 g/mol. The van der Waals surface area contributed by atoms with Crippen molar-refractivity contribution < 1.29 is 17.7 Å². The van der Waals surface area contributed by atoms with Gasteiger partial charge in [0.2, 0.25) is 0 Å². The largest absolute Gasteiger partial charge is 0.435 e. The van der Waals surface area contributed by atoms with E-state index in [2.05, 4.69) is 10.1 Å². The standard InChI is InChI=1S/C12H17F2NO2S/c1-18(16)8-2-7-15-9-10-3-5-11(6-4-10)17-12(13)14/h3-6,12,15H,2,7-9H2,1H3. The fraction of sp³-hybridized carbons (Fsp3) is 0.500. The topological polar surface area (TPSA) is 38.3 Å². The number of alkyl halides is 2. The predicted molar refractivity (Wildman–Crippen MR) is 68.3 cm³/mol. The Bertz CT molecular complexity index is 371. The van der Waals surface area contributed by atoms with Crippen LogP contribution in [-0.2, 0) is 17.3 Å². The molecule has 0 aliphatic carbocycles. The minimum absolute atomic E-state index is 0.162. The van der Waals surface area contributed by atoms with Crippen LogP contribution in [0, 0.1) is 0 Å². The lowest BCUT2D eigenvalue weighted by molar-refractivity contribution is -0.0498. The van der Waals surface area contributed by atoms with Gasteiger partial charge in [0.25, 0.3) is 0 Å². The molecule has 0 saturated carbocycles. The van der Waals surface area contributed by atoms with Crippen molar-refractivity contribution in [2.24, 2.45) is 0 Å². The van der Waals surface area contributed by atoms with Crippen molar-refractivity contribution in [1.29, 1.82) is 0 Å². The maximum Gasteiger partial charge on any atom is 0.387 e. The lowest BCUT2D eigenvalue weighted by atomic mass is 10.2. The molecule has 0 aliphatic heterocycles. The van der Waals surface area contributed by atoms with Crippen LogP contribution in [-0.4, -0.2) is 29.4 Å². The highest BCUT2D eigenvalue weighted by molar-refractivity contribution is 7.84. The van der Waals surface area contributed by atoms with E-state index in [0.717, 1.165) is 18.5 Å². The first kappa shape index (κ1) is 15.0. The lowest BCUT2D eigenvalue weighted by Crippen LogP contribution is -2.16. The van der Waals surface area contributed by atoms with Gasteiger partial charge in [-0.2, -0.15) is 8.78 Å². The van der Waals surface area contributed by atoms with Crippen molar-refractivity contribution >= 4 is 10.8 Å². The molecule has 1 atom stereocenters. The van der Waals surface area contributed by atoms with Gasteiger partial charge < -0.3 is 10.1 Å². The van der Waals surface area contributed by atoms with Gasteiger partial charge in [0.15, 0.2) is 0 Å². The highest BCUT2D eigenvalue weighted by Gasteiger charge is 2.03. The molecule has 6 heteroatoms. The second-order valence-corrected chi connectivity index (χ2v) is 5.38. The van der Waals surface area contributed by atoms with Gasteiger partial charge in [-0.3, -0.25) is 4.21 Å². The van der Waals surface area contributed by atoms with Gasteiger partial charge in [-0.05, 0) is 30.7 Å². The van der Waals surface area contributed by atoms with Crippen LogP contribution in [0.5, 0.6) is 5.75 Å². The Kier molecular flexibility index (Phi) is 6.82. The zero-order valence-corrected chi connectivity index (χ0v) is 11.0. The number of hydrogen-bond donors (Lipinski definition) is 1. The molecule has 0 saturated heterocycles. The molecule has 0 aliphatic rings. The molecule has 1 rings (SSSR count). The summed E-state index contributed by atoms with van der Waals surface area (Å²) in [5, 5.41) is 3.19. The Morgan fingerprint density at radius 2 is 2.00 bits per heavy atom. The quantitative estimate of drug-likeness (QED) is 0.740. The first-order chi connectivity index (χ1) is 8.58. The number of hydrogen-bond acceptors (Lipinski definition) is 3. The van der Waals surface area contributed by atoms with Crippen LogP contribution in [0.2, 0.25) is 0 Å². The Morgan fingerprint density at radius 1 is 1.33 bits per heavy atom. The summed E-state index contributed by atoms with van der Waals surface area (Å²) < 4.78 is 38.9. The van der Waals surface area contributed by atoms with E-state index in [1.807, 2.05) is 0 Å².